The lowest BCUT2D eigenvalue weighted by Gasteiger charge is -2.32. The van der Waals surface area contributed by atoms with Crippen LogP contribution < -0.4 is 5.32 Å². The quantitative estimate of drug-likeness (QED) is 0.738. The molecule has 0 aromatic heterocycles. The van der Waals surface area contributed by atoms with Gasteiger partial charge in [-0.3, -0.25) is 9.59 Å². The number of aliphatic carboxylic acids is 1. The average molecular weight is 268 g/mol. The second-order valence-corrected chi connectivity index (χ2v) is 3.79. The summed E-state index contributed by atoms with van der Waals surface area (Å²) in [5, 5.41) is 11.0. The summed E-state index contributed by atoms with van der Waals surface area (Å²) in [5.41, 5.74) is 0. The zero-order chi connectivity index (χ0) is 13.9. The summed E-state index contributed by atoms with van der Waals surface area (Å²) >= 11 is 0. The molecule has 102 valence electrons. The van der Waals surface area contributed by atoms with Crippen LogP contribution >= 0.6 is 0 Å². The third kappa shape index (κ3) is 3.90. The monoisotopic (exact) mass is 268 g/mol. The molecule has 0 aromatic rings. The van der Waals surface area contributed by atoms with E-state index in [-0.39, 0.29) is 6.54 Å². The van der Waals surface area contributed by atoms with Crippen molar-refractivity contribution in [2.75, 3.05) is 13.1 Å². The van der Waals surface area contributed by atoms with Crippen LogP contribution in [-0.2, 0) is 14.4 Å². The van der Waals surface area contributed by atoms with E-state index in [4.69, 9.17) is 5.11 Å². The van der Waals surface area contributed by atoms with Gasteiger partial charge in [-0.2, -0.15) is 13.2 Å². The van der Waals surface area contributed by atoms with Crippen LogP contribution in [0, 0.1) is 0 Å². The molecule has 0 aliphatic carbocycles. The number of nitrogens with zero attached hydrogens (tertiary/aromatic N) is 1. The summed E-state index contributed by atoms with van der Waals surface area (Å²) in [5.74, 6) is -2.95. The first-order valence-electron chi connectivity index (χ1n) is 5.06. The Morgan fingerprint density at radius 2 is 2.06 bits per heavy atom. The highest BCUT2D eigenvalue weighted by molar-refractivity contribution is 5.91. The molecule has 1 aliphatic heterocycles. The van der Waals surface area contributed by atoms with Crippen molar-refractivity contribution < 1.29 is 32.7 Å². The van der Waals surface area contributed by atoms with Gasteiger partial charge < -0.3 is 15.3 Å². The normalized spacial score (nSPS) is 20.5. The number of carboxylic acids is 1. The molecule has 1 saturated heterocycles. The minimum atomic E-state index is -4.49. The van der Waals surface area contributed by atoms with E-state index in [1.54, 1.807) is 0 Å². The summed E-state index contributed by atoms with van der Waals surface area (Å²) in [6.45, 7) is -0.834. The van der Waals surface area contributed by atoms with E-state index in [2.05, 4.69) is 5.32 Å². The molecule has 0 aromatic carbocycles. The Kier molecular flexibility index (Phi) is 4.15. The first-order chi connectivity index (χ1) is 8.20. The fourth-order valence-corrected chi connectivity index (χ4v) is 1.52. The summed E-state index contributed by atoms with van der Waals surface area (Å²) in [7, 11) is 0. The molecule has 1 unspecified atom stereocenters. The van der Waals surface area contributed by atoms with Gasteiger partial charge in [0.25, 0.3) is 0 Å². The van der Waals surface area contributed by atoms with Crippen LogP contribution in [0.5, 0.6) is 0 Å². The minimum Gasteiger partial charge on any atom is -0.480 e. The van der Waals surface area contributed by atoms with Crippen LogP contribution in [0.2, 0.25) is 0 Å². The number of carbonyl (C=O) groups is 3. The molecule has 0 radical (unpaired) electrons. The standard InChI is InChI=1S/C9H11F3N2O4/c10-9(11,12)2-1-7(16)14-4-6(15)13-3-5(14)8(17)18/h5H,1-4H2,(H,13,15)(H,17,18). The number of hydrogen-bond acceptors (Lipinski definition) is 3. The molecule has 2 amide bonds. The van der Waals surface area contributed by atoms with Crippen LogP contribution in [0.25, 0.3) is 0 Å². The molecule has 1 aliphatic rings. The van der Waals surface area contributed by atoms with Gasteiger partial charge in [-0.25, -0.2) is 4.79 Å². The van der Waals surface area contributed by atoms with Gasteiger partial charge in [0.2, 0.25) is 11.8 Å². The second kappa shape index (κ2) is 5.23. The number of amides is 2. The molecule has 1 rings (SSSR count). The van der Waals surface area contributed by atoms with E-state index in [9.17, 15) is 27.6 Å². The van der Waals surface area contributed by atoms with Gasteiger partial charge in [-0.1, -0.05) is 0 Å². The molecule has 2 N–H and O–H groups in total. The fraction of sp³-hybridized carbons (Fsp3) is 0.667. The molecule has 1 heterocycles. The summed E-state index contributed by atoms with van der Waals surface area (Å²) in [6.07, 6.45) is -6.69. The van der Waals surface area contributed by atoms with Crippen molar-refractivity contribution in [3.63, 3.8) is 0 Å². The molecule has 0 saturated carbocycles. The molecule has 1 fully saturated rings. The summed E-state index contributed by atoms with van der Waals surface area (Å²) < 4.78 is 35.8. The SMILES string of the molecule is O=C1CN(C(=O)CCC(F)(F)F)C(C(=O)O)CN1. The van der Waals surface area contributed by atoms with Crippen LogP contribution in [0.15, 0.2) is 0 Å². The molecule has 9 heteroatoms. The van der Waals surface area contributed by atoms with Crippen LogP contribution in [0.3, 0.4) is 0 Å². The van der Waals surface area contributed by atoms with Crippen molar-refractivity contribution >= 4 is 17.8 Å². The summed E-state index contributed by atoms with van der Waals surface area (Å²) in [4.78, 5) is 34.0. The predicted octanol–water partition coefficient (Wildman–Crippen LogP) is -0.260. The molecular weight excluding hydrogens is 257 g/mol. The predicted molar refractivity (Wildman–Crippen MR) is 51.4 cm³/mol. The van der Waals surface area contributed by atoms with Crippen molar-refractivity contribution in [2.45, 2.75) is 25.1 Å². The minimum absolute atomic E-state index is 0.300. The summed E-state index contributed by atoms with van der Waals surface area (Å²) in [6, 6.07) is -1.32. The molecule has 0 bridgehead atoms. The van der Waals surface area contributed by atoms with Crippen molar-refractivity contribution in [1.29, 1.82) is 0 Å². The Labute approximate surface area is 99.7 Å². The molecular formula is C9H11F3N2O4. The number of halogens is 3. The number of hydrogen-bond donors (Lipinski definition) is 2. The Balaban J connectivity index is 2.67. The van der Waals surface area contributed by atoms with Crippen molar-refractivity contribution in [1.82, 2.24) is 10.2 Å². The third-order valence-corrected chi connectivity index (χ3v) is 2.41. The van der Waals surface area contributed by atoms with E-state index in [0.717, 1.165) is 0 Å². The van der Waals surface area contributed by atoms with E-state index in [0.29, 0.717) is 4.90 Å². The number of piperazine rings is 1. The van der Waals surface area contributed by atoms with E-state index in [1.165, 1.54) is 0 Å². The van der Waals surface area contributed by atoms with E-state index in [1.807, 2.05) is 0 Å². The lowest BCUT2D eigenvalue weighted by molar-refractivity contribution is -0.158. The largest absolute Gasteiger partial charge is 0.480 e. The highest BCUT2D eigenvalue weighted by Crippen LogP contribution is 2.22. The lowest BCUT2D eigenvalue weighted by Crippen LogP contribution is -2.59. The molecule has 6 nitrogen and oxygen atoms in total. The topological polar surface area (TPSA) is 86.7 Å². The Hall–Kier alpha value is -1.80. The lowest BCUT2D eigenvalue weighted by atomic mass is 10.1. The maximum atomic E-state index is 11.9. The van der Waals surface area contributed by atoms with E-state index >= 15 is 0 Å². The Morgan fingerprint density at radius 3 is 2.56 bits per heavy atom. The highest BCUT2D eigenvalue weighted by Gasteiger charge is 2.36. The number of alkyl halides is 3. The number of carbonyl (C=O) groups excluding carboxylic acids is 2. The molecule has 1 atom stereocenters. The average Bonchev–Trinajstić information content (AvgIpc) is 2.24. The van der Waals surface area contributed by atoms with E-state index < -0.39 is 49.4 Å². The van der Waals surface area contributed by atoms with Crippen molar-refractivity contribution in [2.24, 2.45) is 0 Å². The van der Waals surface area contributed by atoms with Gasteiger partial charge in [0.15, 0.2) is 0 Å². The second-order valence-electron chi connectivity index (χ2n) is 3.79. The molecule has 18 heavy (non-hydrogen) atoms. The van der Waals surface area contributed by atoms with Gasteiger partial charge in [-0.15, -0.1) is 0 Å². The number of carboxylic acid groups (broad SMARTS) is 1. The van der Waals surface area contributed by atoms with Gasteiger partial charge in [0.05, 0.1) is 6.42 Å². The first-order valence-corrected chi connectivity index (χ1v) is 5.06. The highest BCUT2D eigenvalue weighted by atomic mass is 19.4. The zero-order valence-corrected chi connectivity index (χ0v) is 9.16. The fourth-order valence-electron chi connectivity index (χ4n) is 1.52. The van der Waals surface area contributed by atoms with Crippen molar-refractivity contribution in [3.05, 3.63) is 0 Å². The zero-order valence-electron chi connectivity index (χ0n) is 9.16. The van der Waals surface area contributed by atoms with Gasteiger partial charge in [0, 0.05) is 13.0 Å². The Bertz CT molecular complexity index is 369. The van der Waals surface area contributed by atoms with Crippen LogP contribution in [0.1, 0.15) is 12.8 Å². The third-order valence-electron chi connectivity index (χ3n) is 2.41. The number of rotatable bonds is 3. The van der Waals surface area contributed by atoms with Crippen LogP contribution in [-0.4, -0.2) is 53.1 Å². The maximum Gasteiger partial charge on any atom is 0.389 e. The van der Waals surface area contributed by atoms with Crippen LogP contribution in [0.4, 0.5) is 13.2 Å². The molecule has 0 spiro atoms. The maximum absolute atomic E-state index is 11.9. The smallest absolute Gasteiger partial charge is 0.389 e. The van der Waals surface area contributed by atoms with Gasteiger partial charge in [0.1, 0.15) is 12.6 Å². The van der Waals surface area contributed by atoms with Gasteiger partial charge in [-0.05, 0) is 0 Å². The van der Waals surface area contributed by atoms with Gasteiger partial charge >= 0.3 is 12.1 Å². The first kappa shape index (κ1) is 14.3. The Morgan fingerprint density at radius 1 is 1.44 bits per heavy atom. The number of nitrogens with one attached hydrogen (secondary N) is 1. The van der Waals surface area contributed by atoms with Crippen molar-refractivity contribution in [3.8, 4) is 0 Å².